The summed E-state index contributed by atoms with van der Waals surface area (Å²) in [6, 6.07) is 9.21. The molecule has 1 unspecified atom stereocenters. The van der Waals surface area contributed by atoms with Gasteiger partial charge in [0.25, 0.3) is 0 Å². The van der Waals surface area contributed by atoms with Crippen LogP contribution >= 0.6 is 0 Å². The highest BCUT2D eigenvalue weighted by Crippen LogP contribution is 2.30. The average molecular weight is 415 g/mol. The summed E-state index contributed by atoms with van der Waals surface area (Å²) in [5, 5.41) is 9.39. The lowest BCUT2D eigenvalue weighted by molar-refractivity contribution is -0.905. The maximum absolute atomic E-state index is 13.0. The Morgan fingerprint density at radius 1 is 1.17 bits per heavy atom. The van der Waals surface area contributed by atoms with Crippen molar-refractivity contribution in [1.82, 2.24) is 9.55 Å². The van der Waals surface area contributed by atoms with E-state index in [0.29, 0.717) is 15.7 Å². The third-order valence-corrected chi connectivity index (χ3v) is 6.77. The summed E-state index contributed by atoms with van der Waals surface area (Å²) in [5.74, 6) is 1.65. The van der Waals surface area contributed by atoms with Crippen LogP contribution in [0.4, 0.5) is 0 Å². The minimum atomic E-state index is -1.33. The van der Waals surface area contributed by atoms with Crippen molar-refractivity contribution in [2.45, 2.75) is 55.4 Å². The Kier molecular flexibility index (Phi) is 5.44. The first kappa shape index (κ1) is 20.0. The monoisotopic (exact) mass is 414 g/mol. The molecule has 0 radical (unpaired) electrons. The number of ether oxygens (including phenoxy) is 1. The molecule has 1 aliphatic heterocycles. The molecule has 1 atom stereocenters. The van der Waals surface area contributed by atoms with Gasteiger partial charge in [-0.25, -0.2) is 9.19 Å². The number of aromatic nitrogens is 3. The van der Waals surface area contributed by atoms with E-state index < -0.39 is 10.8 Å². The first-order valence-electron chi connectivity index (χ1n) is 10.0. The summed E-state index contributed by atoms with van der Waals surface area (Å²) in [4.78, 5) is 6.31. The molecule has 1 aliphatic rings. The fraction of sp³-hybridized carbons (Fsp3) is 0.455. The molecule has 0 spiro atoms. The molecule has 4 rings (SSSR count). The predicted octanol–water partition coefficient (Wildman–Crippen LogP) is 3.45. The average Bonchev–Trinajstić information content (AvgIpc) is 3.07. The van der Waals surface area contributed by atoms with E-state index in [-0.39, 0.29) is 5.41 Å². The summed E-state index contributed by atoms with van der Waals surface area (Å²) < 4.78 is 21.8. The number of nitrogens with zero attached hydrogens (tertiary/aromatic N) is 3. The van der Waals surface area contributed by atoms with Crippen molar-refractivity contribution in [3.63, 3.8) is 0 Å². The number of hydrogen-bond donors (Lipinski definition) is 1. The van der Waals surface area contributed by atoms with Crippen LogP contribution in [-0.2, 0) is 27.5 Å². The molecule has 7 heteroatoms. The minimum Gasteiger partial charge on any atom is -0.381 e. The molecule has 1 aromatic carbocycles. The van der Waals surface area contributed by atoms with E-state index in [2.05, 4.69) is 25.3 Å². The maximum atomic E-state index is 13.0. The van der Waals surface area contributed by atoms with Crippen LogP contribution in [-0.4, -0.2) is 32.2 Å². The molecule has 29 heavy (non-hydrogen) atoms. The van der Waals surface area contributed by atoms with E-state index >= 15 is 0 Å². The largest absolute Gasteiger partial charge is 0.381 e. The molecule has 0 saturated carbocycles. The highest BCUT2D eigenvalue weighted by atomic mass is 32.2. The molecule has 2 aromatic heterocycles. The summed E-state index contributed by atoms with van der Waals surface area (Å²) >= 11 is 0. The Balaban J connectivity index is 1.73. The smallest absolute Gasteiger partial charge is 0.223 e. The Labute approximate surface area is 173 Å². The van der Waals surface area contributed by atoms with Crippen LogP contribution in [0.2, 0.25) is 0 Å². The zero-order valence-corrected chi connectivity index (χ0v) is 18.0. The second kappa shape index (κ2) is 7.88. The molecule has 1 N–H and O–H groups in total. The summed E-state index contributed by atoms with van der Waals surface area (Å²) in [6.07, 6.45) is 5.10. The molecular formula is C22H28N3O3S+. The molecule has 1 fully saturated rings. The first-order valence-corrected chi connectivity index (χ1v) is 11.2. The van der Waals surface area contributed by atoms with Crippen LogP contribution in [0, 0.1) is 5.92 Å². The fourth-order valence-corrected chi connectivity index (χ4v) is 4.89. The van der Waals surface area contributed by atoms with E-state index in [9.17, 15) is 9.42 Å². The van der Waals surface area contributed by atoms with E-state index in [1.54, 1.807) is 12.1 Å². The number of hydrogen-bond acceptors (Lipinski definition) is 4. The lowest BCUT2D eigenvalue weighted by atomic mass is 9.94. The van der Waals surface area contributed by atoms with Gasteiger partial charge in [0.1, 0.15) is 5.82 Å². The summed E-state index contributed by atoms with van der Waals surface area (Å²) in [5.41, 5.74) is 1.88. The summed E-state index contributed by atoms with van der Waals surface area (Å²) in [6.45, 7) is 9.14. The third kappa shape index (κ3) is 4.21. The standard InChI is InChI=1S/C22H28N3O3S/c1-22(2,3)21-23-19-14-18(29(27)17-6-10-24(26)11-7-17)4-5-20(19)25(21)15-16-8-12-28-13-9-16/h4-7,10-11,14,16,26H,8-9,12-13,15H2,1-3H3/q+1. The molecule has 0 aliphatic carbocycles. The zero-order chi connectivity index (χ0) is 20.6. The van der Waals surface area contributed by atoms with Crippen molar-refractivity contribution in [1.29, 1.82) is 0 Å². The van der Waals surface area contributed by atoms with E-state index in [1.807, 2.05) is 18.2 Å². The molecule has 6 nitrogen and oxygen atoms in total. The van der Waals surface area contributed by atoms with Gasteiger partial charge in [-0.3, -0.25) is 5.21 Å². The number of pyridine rings is 1. The Bertz CT molecular complexity index is 1030. The quantitative estimate of drug-likeness (QED) is 0.524. The van der Waals surface area contributed by atoms with Gasteiger partial charge in [0.2, 0.25) is 12.4 Å². The van der Waals surface area contributed by atoms with Gasteiger partial charge in [0.15, 0.2) is 0 Å². The highest BCUT2D eigenvalue weighted by molar-refractivity contribution is 7.85. The molecule has 3 heterocycles. The van der Waals surface area contributed by atoms with Crippen molar-refractivity contribution in [2.24, 2.45) is 5.92 Å². The van der Waals surface area contributed by atoms with E-state index in [4.69, 9.17) is 9.72 Å². The van der Waals surface area contributed by atoms with Crippen molar-refractivity contribution >= 4 is 21.8 Å². The molecule has 0 amide bonds. The van der Waals surface area contributed by atoms with E-state index in [0.717, 1.165) is 54.2 Å². The van der Waals surface area contributed by atoms with Crippen molar-refractivity contribution in [3.8, 4) is 0 Å². The topological polar surface area (TPSA) is 68.2 Å². The molecular weight excluding hydrogens is 386 g/mol. The second-order valence-electron chi connectivity index (χ2n) is 8.68. The second-order valence-corrected chi connectivity index (χ2v) is 10.2. The van der Waals surface area contributed by atoms with Crippen molar-refractivity contribution in [3.05, 3.63) is 48.5 Å². The molecule has 0 bridgehead atoms. The lowest BCUT2D eigenvalue weighted by Gasteiger charge is -2.26. The van der Waals surface area contributed by atoms with Crippen LogP contribution in [0.15, 0.2) is 52.5 Å². The summed E-state index contributed by atoms with van der Waals surface area (Å²) in [7, 11) is -1.33. The Morgan fingerprint density at radius 2 is 1.86 bits per heavy atom. The Hall–Kier alpha value is -2.25. The predicted molar refractivity (Wildman–Crippen MR) is 110 cm³/mol. The van der Waals surface area contributed by atoms with Gasteiger partial charge in [-0.05, 0) is 37.0 Å². The third-order valence-electron chi connectivity index (χ3n) is 5.38. The number of fused-ring (bicyclic) bond motifs is 1. The van der Waals surface area contributed by atoms with Gasteiger partial charge in [0, 0.05) is 46.9 Å². The van der Waals surface area contributed by atoms with Crippen LogP contribution in [0.25, 0.3) is 11.0 Å². The van der Waals surface area contributed by atoms with Crippen molar-refractivity contribution < 1.29 is 18.9 Å². The number of rotatable bonds is 4. The Morgan fingerprint density at radius 3 is 2.52 bits per heavy atom. The molecule has 154 valence electrons. The van der Waals surface area contributed by atoms with Gasteiger partial charge in [0.05, 0.1) is 26.7 Å². The lowest BCUT2D eigenvalue weighted by Crippen LogP contribution is -2.28. The van der Waals surface area contributed by atoms with Crippen LogP contribution < -0.4 is 4.73 Å². The van der Waals surface area contributed by atoms with Crippen LogP contribution in [0.5, 0.6) is 0 Å². The van der Waals surface area contributed by atoms with Gasteiger partial charge < -0.3 is 9.30 Å². The van der Waals surface area contributed by atoms with Gasteiger partial charge in [-0.1, -0.05) is 20.8 Å². The van der Waals surface area contributed by atoms with Crippen LogP contribution in [0.3, 0.4) is 0 Å². The van der Waals surface area contributed by atoms with Gasteiger partial charge in [-0.2, -0.15) is 0 Å². The zero-order valence-electron chi connectivity index (χ0n) is 17.2. The van der Waals surface area contributed by atoms with Crippen molar-refractivity contribution in [2.75, 3.05) is 13.2 Å². The van der Waals surface area contributed by atoms with Crippen LogP contribution in [0.1, 0.15) is 39.4 Å². The van der Waals surface area contributed by atoms with Gasteiger partial charge >= 0.3 is 0 Å². The SMILES string of the molecule is CC(C)(C)c1nc2cc(S(=O)c3cc[n+](O)cc3)ccc2n1CC1CCOCC1. The highest BCUT2D eigenvalue weighted by Gasteiger charge is 2.26. The number of imidazole rings is 1. The number of benzene rings is 1. The van der Waals surface area contributed by atoms with Gasteiger partial charge in [-0.15, -0.1) is 0 Å². The fourth-order valence-electron chi connectivity index (χ4n) is 3.83. The normalized spacial score (nSPS) is 16.9. The van der Waals surface area contributed by atoms with E-state index in [1.165, 1.54) is 12.4 Å². The molecule has 3 aromatic rings. The first-order chi connectivity index (χ1) is 13.8. The maximum Gasteiger partial charge on any atom is 0.223 e. The molecule has 1 saturated heterocycles. The minimum absolute atomic E-state index is 0.0856.